The van der Waals surface area contributed by atoms with E-state index in [1.807, 2.05) is 11.8 Å². The normalized spacial score (nSPS) is 27.9. The van der Waals surface area contributed by atoms with Crippen molar-refractivity contribution in [1.82, 2.24) is 15.1 Å². The maximum atomic E-state index is 12.2. The lowest BCUT2D eigenvalue weighted by molar-refractivity contribution is -0.134. The lowest BCUT2D eigenvalue weighted by Crippen LogP contribution is -2.50. The van der Waals surface area contributed by atoms with Crippen LogP contribution in [0.3, 0.4) is 0 Å². The van der Waals surface area contributed by atoms with Crippen molar-refractivity contribution in [2.45, 2.75) is 25.8 Å². The van der Waals surface area contributed by atoms with Crippen molar-refractivity contribution >= 4 is 5.91 Å². The summed E-state index contributed by atoms with van der Waals surface area (Å²) < 4.78 is 5.33. The minimum Gasteiger partial charge on any atom is -0.379 e. The smallest absolute Gasteiger partial charge is 0.239 e. The van der Waals surface area contributed by atoms with Crippen LogP contribution in [-0.2, 0) is 9.53 Å². The topological polar surface area (TPSA) is 44.8 Å². The van der Waals surface area contributed by atoms with Gasteiger partial charge < -0.3 is 15.0 Å². The Kier molecular flexibility index (Phi) is 5.41. The van der Waals surface area contributed by atoms with Crippen LogP contribution in [0, 0.1) is 0 Å². The quantitative estimate of drug-likeness (QED) is 0.766. The average molecular weight is 255 g/mol. The largest absolute Gasteiger partial charge is 0.379 e. The van der Waals surface area contributed by atoms with E-state index in [4.69, 9.17) is 4.74 Å². The lowest BCUT2D eigenvalue weighted by atomic mass is 10.2. The van der Waals surface area contributed by atoms with Crippen LogP contribution >= 0.6 is 0 Å². The number of morpholine rings is 1. The van der Waals surface area contributed by atoms with Crippen molar-refractivity contribution in [2.24, 2.45) is 0 Å². The van der Waals surface area contributed by atoms with Crippen LogP contribution in [0.4, 0.5) is 0 Å². The number of ether oxygens (including phenoxy) is 1. The average Bonchev–Trinajstić information content (AvgIpc) is 2.40. The Morgan fingerprint density at radius 1 is 1.22 bits per heavy atom. The van der Waals surface area contributed by atoms with Gasteiger partial charge in [-0.15, -0.1) is 0 Å². The van der Waals surface area contributed by atoms with Crippen LogP contribution in [-0.4, -0.2) is 74.2 Å². The second-order valence-corrected chi connectivity index (χ2v) is 5.16. The van der Waals surface area contributed by atoms with E-state index < -0.39 is 0 Å². The molecule has 0 aromatic heterocycles. The van der Waals surface area contributed by atoms with Crippen LogP contribution in [0.15, 0.2) is 0 Å². The van der Waals surface area contributed by atoms with Gasteiger partial charge in [-0.1, -0.05) is 0 Å². The zero-order valence-electron chi connectivity index (χ0n) is 11.4. The Morgan fingerprint density at radius 2 is 2.00 bits per heavy atom. The van der Waals surface area contributed by atoms with Crippen LogP contribution in [0.25, 0.3) is 0 Å². The summed E-state index contributed by atoms with van der Waals surface area (Å²) in [4.78, 5) is 16.6. The van der Waals surface area contributed by atoms with Gasteiger partial charge >= 0.3 is 0 Å². The van der Waals surface area contributed by atoms with Gasteiger partial charge in [-0.3, -0.25) is 9.69 Å². The third-order valence-corrected chi connectivity index (χ3v) is 3.78. The molecule has 2 saturated heterocycles. The van der Waals surface area contributed by atoms with Gasteiger partial charge in [0.05, 0.1) is 19.3 Å². The maximum Gasteiger partial charge on any atom is 0.239 e. The minimum atomic E-state index is -0.0324. The highest BCUT2D eigenvalue weighted by Crippen LogP contribution is 2.05. The van der Waals surface area contributed by atoms with Gasteiger partial charge in [0.25, 0.3) is 0 Å². The highest BCUT2D eigenvalue weighted by atomic mass is 16.5. The fourth-order valence-corrected chi connectivity index (χ4v) is 2.53. The number of nitrogens with zero attached hydrogens (tertiary/aromatic N) is 2. The summed E-state index contributed by atoms with van der Waals surface area (Å²) in [6.45, 7) is 9.31. The van der Waals surface area contributed by atoms with E-state index in [1.54, 1.807) is 0 Å². The minimum absolute atomic E-state index is 0.0324. The van der Waals surface area contributed by atoms with Gasteiger partial charge in [-0.2, -0.15) is 0 Å². The molecule has 0 aliphatic carbocycles. The predicted octanol–water partition coefficient (Wildman–Crippen LogP) is -0.0809. The Hall–Kier alpha value is -0.650. The molecule has 0 aromatic rings. The summed E-state index contributed by atoms with van der Waals surface area (Å²) in [5.41, 5.74) is 0. The molecule has 1 atom stereocenters. The highest BCUT2D eigenvalue weighted by Gasteiger charge is 2.22. The Labute approximate surface area is 109 Å². The second kappa shape index (κ2) is 7.07. The molecule has 2 aliphatic rings. The van der Waals surface area contributed by atoms with E-state index in [1.165, 1.54) is 0 Å². The van der Waals surface area contributed by atoms with Crippen LogP contribution < -0.4 is 5.32 Å². The van der Waals surface area contributed by atoms with Gasteiger partial charge in [0.15, 0.2) is 0 Å². The molecule has 1 N–H and O–H groups in total. The number of amides is 1. The van der Waals surface area contributed by atoms with E-state index in [2.05, 4.69) is 10.2 Å². The van der Waals surface area contributed by atoms with Crippen molar-refractivity contribution in [3.8, 4) is 0 Å². The molecule has 1 amide bonds. The Morgan fingerprint density at radius 3 is 2.78 bits per heavy atom. The van der Waals surface area contributed by atoms with E-state index in [9.17, 15) is 4.79 Å². The van der Waals surface area contributed by atoms with Crippen LogP contribution in [0.1, 0.15) is 19.8 Å². The first kappa shape index (κ1) is 13.8. The molecule has 0 saturated carbocycles. The summed E-state index contributed by atoms with van der Waals surface area (Å²) in [6.07, 6.45) is 2.26. The number of hydrogen-bond donors (Lipinski definition) is 1. The maximum absolute atomic E-state index is 12.2. The summed E-state index contributed by atoms with van der Waals surface area (Å²) in [6, 6.07) is -0.0324. The van der Waals surface area contributed by atoms with Gasteiger partial charge in [-0.25, -0.2) is 0 Å². The van der Waals surface area contributed by atoms with Crippen molar-refractivity contribution in [3.63, 3.8) is 0 Å². The molecule has 0 spiro atoms. The zero-order valence-corrected chi connectivity index (χ0v) is 11.4. The Balaban J connectivity index is 1.79. The van der Waals surface area contributed by atoms with E-state index in [0.717, 1.165) is 65.3 Å². The summed E-state index contributed by atoms with van der Waals surface area (Å²) in [5.74, 6) is 0.253. The monoisotopic (exact) mass is 255 g/mol. The fraction of sp³-hybridized carbons (Fsp3) is 0.923. The first-order chi connectivity index (χ1) is 8.77. The fourth-order valence-electron chi connectivity index (χ4n) is 2.53. The second-order valence-electron chi connectivity index (χ2n) is 5.16. The Bertz CT molecular complexity index is 267. The van der Waals surface area contributed by atoms with Crippen molar-refractivity contribution < 1.29 is 9.53 Å². The molecule has 5 nitrogen and oxygen atoms in total. The van der Waals surface area contributed by atoms with E-state index in [-0.39, 0.29) is 11.9 Å². The molecule has 104 valence electrons. The van der Waals surface area contributed by atoms with Gasteiger partial charge in [0.1, 0.15) is 0 Å². The molecule has 2 fully saturated rings. The molecule has 1 unspecified atom stereocenters. The van der Waals surface area contributed by atoms with Crippen molar-refractivity contribution in [1.29, 1.82) is 0 Å². The van der Waals surface area contributed by atoms with Crippen LogP contribution in [0.2, 0.25) is 0 Å². The highest BCUT2D eigenvalue weighted by molar-refractivity contribution is 5.81. The molecule has 2 aliphatic heterocycles. The number of rotatable bonds is 3. The molecule has 18 heavy (non-hydrogen) atoms. The summed E-state index contributed by atoms with van der Waals surface area (Å²) in [5, 5.41) is 3.28. The van der Waals surface area contributed by atoms with Gasteiger partial charge in [0.2, 0.25) is 5.91 Å². The third-order valence-electron chi connectivity index (χ3n) is 3.78. The van der Waals surface area contributed by atoms with E-state index in [0.29, 0.717) is 0 Å². The predicted molar refractivity (Wildman–Crippen MR) is 70.5 cm³/mol. The molecule has 2 heterocycles. The molecule has 0 aromatic carbocycles. The first-order valence-corrected chi connectivity index (χ1v) is 7.09. The number of carbonyl (C=O) groups is 1. The lowest BCUT2D eigenvalue weighted by Gasteiger charge is -2.32. The summed E-state index contributed by atoms with van der Waals surface area (Å²) in [7, 11) is 0. The third kappa shape index (κ3) is 3.93. The zero-order chi connectivity index (χ0) is 12.8. The number of carbonyl (C=O) groups excluding carboxylic acids is 1. The number of nitrogens with one attached hydrogen (secondary N) is 1. The van der Waals surface area contributed by atoms with E-state index >= 15 is 0 Å². The number of hydrogen-bond acceptors (Lipinski definition) is 4. The van der Waals surface area contributed by atoms with Crippen molar-refractivity contribution in [2.75, 3.05) is 52.5 Å². The standard InChI is InChI=1S/C13H25N3O2/c1-12-13(17)16(5-3-2-4-14-12)7-6-15-8-10-18-11-9-15/h12,14H,2-11H2,1H3. The SMILES string of the molecule is CC1NCCCCN(CCN2CCOCC2)C1=O. The summed E-state index contributed by atoms with van der Waals surface area (Å²) >= 11 is 0. The molecule has 2 rings (SSSR count). The van der Waals surface area contributed by atoms with Crippen molar-refractivity contribution in [3.05, 3.63) is 0 Å². The first-order valence-electron chi connectivity index (χ1n) is 7.09. The van der Waals surface area contributed by atoms with Crippen LogP contribution in [0.5, 0.6) is 0 Å². The van der Waals surface area contributed by atoms with Gasteiger partial charge in [0, 0.05) is 32.7 Å². The molecule has 5 heteroatoms. The molecule has 0 bridgehead atoms. The molecule has 0 radical (unpaired) electrons. The molecular weight excluding hydrogens is 230 g/mol. The molecular formula is C13H25N3O2. The van der Waals surface area contributed by atoms with Gasteiger partial charge in [-0.05, 0) is 26.3 Å².